The number of nitrogens with one attached hydrogen (secondary N) is 1. The van der Waals surface area contributed by atoms with Crippen molar-refractivity contribution in [3.05, 3.63) is 27.1 Å². The minimum Gasteiger partial charge on any atom is -0.378 e. The van der Waals surface area contributed by atoms with Gasteiger partial charge in [0.15, 0.2) is 0 Å². The monoisotopic (exact) mass is 392 g/mol. The number of carbonyl (C=O) groups is 2. The molecule has 146 valence electrons. The molecule has 1 aliphatic heterocycles. The first-order valence-corrected chi connectivity index (χ1v) is 9.96. The molecule has 0 spiro atoms. The van der Waals surface area contributed by atoms with E-state index in [4.69, 9.17) is 4.74 Å². The van der Waals surface area contributed by atoms with E-state index in [0.29, 0.717) is 53.5 Å². The largest absolute Gasteiger partial charge is 0.378 e. The fourth-order valence-corrected chi connectivity index (χ4v) is 4.06. The summed E-state index contributed by atoms with van der Waals surface area (Å²) in [4.78, 5) is 44.7. The lowest BCUT2D eigenvalue weighted by atomic mass is 10.2. The highest BCUT2D eigenvalue weighted by molar-refractivity contribution is 7.20. The third-order valence-electron chi connectivity index (χ3n) is 4.61. The molecule has 0 atom stereocenters. The molecule has 0 saturated carbocycles. The summed E-state index contributed by atoms with van der Waals surface area (Å²) in [7, 11) is 0. The molecule has 3 rings (SSSR count). The van der Waals surface area contributed by atoms with Gasteiger partial charge < -0.3 is 15.0 Å². The zero-order valence-electron chi connectivity index (χ0n) is 15.6. The number of carbonyl (C=O) groups excluding carboxylic acids is 2. The second-order valence-electron chi connectivity index (χ2n) is 6.52. The molecule has 0 aromatic carbocycles. The molecule has 2 aromatic rings. The van der Waals surface area contributed by atoms with E-state index in [9.17, 15) is 14.4 Å². The van der Waals surface area contributed by atoms with Crippen LogP contribution in [0.2, 0.25) is 0 Å². The van der Waals surface area contributed by atoms with Crippen molar-refractivity contribution in [1.29, 1.82) is 0 Å². The van der Waals surface area contributed by atoms with Crippen LogP contribution in [-0.2, 0) is 16.1 Å². The number of amides is 2. The van der Waals surface area contributed by atoms with Gasteiger partial charge in [0.2, 0.25) is 5.91 Å². The van der Waals surface area contributed by atoms with Crippen LogP contribution in [0.4, 0.5) is 0 Å². The highest BCUT2D eigenvalue weighted by atomic mass is 32.1. The van der Waals surface area contributed by atoms with Crippen LogP contribution < -0.4 is 10.9 Å². The van der Waals surface area contributed by atoms with Crippen LogP contribution in [0.15, 0.2) is 11.1 Å². The standard InChI is InChI=1S/C18H24N4O4S/c1-3-4-5-19-16(24)15-12(2)14-17(27-15)20-11-22(18(14)25)10-13(23)21-6-8-26-9-7-21/h11H,3-10H2,1-2H3,(H,19,24). The van der Waals surface area contributed by atoms with Crippen LogP contribution in [-0.4, -0.2) is 59.1 Å². The molecule has 8 nitrogen and oxygen atoms in total. The zero-order valence-corrected chi connectivity index (χ0v) is 16.4. The Labute approximate surface area is 161 Å². The number of nitrogens with zero attached hydrogens (tertiary/aromatic N) is 3. The third-order valence-corrected chi connectivity index (χ3v) is 5.81. The number of aryl methyl sites for hydroxylation is 1. The number of hydrogen-bond acceptors (Lipinski definition) is 6. The molecule has 27 heavy (non-hydrogen) atoms. The minimum atomic E-state index is -0.289. The van der Waals surface area contributed by atoms with Gasteiger partial charge in [-0.25, -0.2) is 4.98 Å². The molecule has 1 saturated heterocycles. The molecule has 0 bridgehead atoms. The van der Waals surface area contributed by atoms with Crippen molar-refractivity contribution >= 4 is 33.4 Å². The Balaban J connectivity index is 1.84. The number of rotatable bonds is 6. The van der Waals surface area contributed by atoms with E-state index >= 15 is 0 Å². The van der Waals surface area contributed by atoms with Gasteiger partial charge in [-0.3, -0.25) is 19.0 Å². The van der Waals surface area contributed by atoms with Crippen molar-refractivity contribution in [3.8, 4) is 0 Å². The Morgan fingerprint density at radius 3 is 2.78 bits per heavy atom. The number of thiophene rings is 1. The van der Waals surface area contributed by atoms with Gasteiger partial charge in [0.05, 0.1) is 29.8 Å². The molecule has 1 fully saturated rings. The van der Waals surface area contributed by atoms with Gasteiger partial charge in [0.1, 0.15) is 11.4 Å². The average Bonchev–Trinajstić information content (AvgIpc) is 3.02. The molecule has 0 aliphatic carbocycles. The van der Waals surface area contributed by atoms with E-state index in [1.165, 1.54) is 22.2 Å². The van der Waals surface area contributed by atoms with E-state index in [0.717, 1.165) is 12.8 Å². The molecule has 0 unspecified atom stereocenters. The van der Waals surface area contributed by atoms with Crippen LogP contribution in [0.25, 0.3) is 10.2 Å². The van der Waals surface area contributed by atoms with Gasteiger partial charge in [-0.1, -0.05) is 13.3 Å². The minimum absolute atomic E-state index is 0.0604. The van der Waals surface area contributed by atoms with Crippen molar-refractivity contribution in [2.45, 2.75) is 33.2 Å². The Hall–Kier alpha value is -2.26. The predicted molar refractivity (Wildman–Crippen MR) is 103 cm³/mol. The summed E-state index contributed by atoms with van der Waals surface area (Å²) in [6, 6.07) is 0. The van der Waals surface area contributed by atoms with Gasteiger partial charge >= 0.3 is 0 Å². The Morgan fingerprint density at radius 1 is 1.33 bits per heavy atom. The summed E-state index contributed by atoms with van der Waals surface area (Å²) in [5.74, 6) is -0.314. The number of unbranched alkanes of at least 4 members (excludes halogenated alkanes) is 1. The summed E-state index contributed by atoms with van der Waals surface area (Å²) in [5, 5.41) is 3.29. The zero-order chi connectivity index (χ0) is 19.4. The fraction of sp³-hybridized carbons (Fsp3) is 0.556. The quantitative estimate of drug-likeness (QED) is 0.745. The summed E-state index contributed by atoms with van der Waals surface area (Å²) in [5.41, 5.74) is 0.331. The highest BCUT2D eigenvalue weighted by Crippen LogP contribution is 2.26. The Kier molecular flexibility index (Phi) is 6.22. The summed E-state index contributed by atoms with van der Waals surface area (Å²) in [6.45, 7) is 6.44. The fourth-order valence-electron chi connectivity index (χ4n) is 3.01. The molecular weight excluding hydrogens is 368 g/mol. The first-order valence-electron chi connectivity index (χ1n) is 9.15. The maximum atomic E-state index is 12.9. The normalized spacial score (nSPS) is 14.5. The van der Waals surface area contributed by atoms with E-state index in [1.807, 2.05) is 0 Å². The van der Waals surface area contributed by atoms with Crippen molar-refractivity contribution < 1.29 is 14.3 Å². The predicted octanol–water partition coefficient (Wildman–Crippen LogP) is 1.16. The molecule has 0 radical (unpaired) electrons. The van der Waals surface area contributed by atoms with Crippen molar-refractivity contribution in [2.24, 2.45) is 0 Å². The lowest BCUT2D eigenvalue weighted by Gasteiger charge is -2.26. The van der Waals surface area contributed by atoms with Crippen LogP contribution in [0.3, 0.4) is 0 Å². The van der Waals surface area contributed by atoms with Gasteiger partial charge in [-0.05, 0) is 18.9 Å². The smallest absolute Gasteiger partial charge is 0.262 e. The van der Waals surface area contributed by atoms with Crippen LogP contribution in [0.5, 0.6) is 0 Å². The molecular formula is C18H24N4O4S. The second-order valence-corrected chi connectivity index (χ2v) is 7.52. The van der Waals surface area contributed by atoms with Crippen molar-refractivity contribution in [1.82, 2.24) is 19.8 Å². The van der Waals surface area contributed by atoms with Crippen molar-refractivity contribution in [2.75, 3.05) is 32.8 Å². The first-order chi connectivity index (χ1) is 13.0. The number of fused-ring (bicyclic) bond motifs is 1. The summed E-state index contributed by atoms with van der Waals surface area (Å²) in [6.07, 6.45) is 3.29. The number of hydrogen-bond donors (Lipinski definition) is 1. The van der Waals surface area contributed by atoms with E-state index in [2.05, 4.69) is 17.2 Å². The first kappa shape index (κ1) is 19.5. The molecule has 1 N–H and O–H groups in total. The lowest BCUT2D eigenvalue weighted by Crippen LogP contribution is -2.43. The number of morpholine rings is 1. The topological polar surface area (TPSA) is 93.5 Å². The molecule has 9 heteroatoms. The molecule has 2 amide bonds. The van der Waals surface area contributed by atoms with Crippen LogP contribution in [0, 0.1) is 6.92 Å². The maximum Gasteiger partial charge on any atom is 0.262 e. The van der Waals surface area contributed by atoms with Gasteiger partial charge in [-0.15, -0.1) is 11.3 Å². The molecule has 1 aliphatic rings. The second kappa shape index (κ2) is 8.62. The molecule has 3 heterocycles. The summed E-state index contributed by atoms with van der Waals surface area (Å²) >= 11 is 1.21. The van der Waals surface area contributed by atoms with E-state index in [1.54, 1.807) is 11.8 Å². The van der Waals surface area contributed by atoms with Gasteiger partial charge in [-0.2, -0.15) is 0 Å². The summed E-state index contributed by atoms with van der Waals surface area (Å²) < 4.78 is 6.56. The average molecular weight is 392 g/mol. The van der Waals surface area contributed by atoms with Gasteiger partial charge in [0.25, 0.3) is 11.5 Å². The Morgan fingerprint density at radius 2 is 2.07 bits per heavy atom. The number of ether oxygens (including phenoxy) is 1. The maximum absolute atomic E-state index is 12.9. The third kappa shape index (κ3) is 4.19. The van der Waals surface area contributed by atoms with Crippen LogP contribution >= 0.6 is 11.3 Å². The van der Waals surface area contributed by atoms with Crippen LogP contribution in [0.1, 0.15) is 35.0 Å². The Bertz CT molecular complexity index is 899. The van der Waals surface area contributed by atoms with Crippen molar-refractivity contribution in [3.63, 3.8) is 0 Å². The van der Waals surface area contributed by atoms with E-state index < -0.39 is 0 Å². The highest BCUT2D eigenvalue weighted by Gasteiger charge is 2.21. The molecule has 2 aromatic heterocycles. The lowest BCUT2D eigenvalue weighted by molar-refractivity contribution is -0.135. The number of aromatic nitrogens is 2. The van der Waals surface area contributed by atoms with E-state index in [-0.39, 0.29) is 23.9 Å². The SMILES string of the molecule is CCCCNC(=O)c1sc2ncn(CC(=O)N3CCOCC3)c(=O)c2c1C. The van der Waals surface area contributed by atoms with Gasteiger partial charge in [0, 0.05) is 19.6 Å².